The molecule has 0 saturated carbocycles. The summed E-state index contributed by atoms with van der Waals surface area (Å²) in [6.45, 7) is 1.89. The summed E-state index contributed by atoms with van der Waals surface area (Å²) in [5.74, 6) is -0.807. The van der Waals surface area contributed by atoms with E-state index in [9.17, 15) is 14.0 Å². The Morgan fingerprint density at radius 1 is 1.00 bits per heavy atom. The number of benzene rings is 2. The molecular formula is C19H17FN2O3. The zero-order valence-corrected chi connectivity index (χ0v) is 13.5. The van der Waals surface area contributed by atoms with Gasteiger partial charge in [0.1, 0.15) is 5.82 Å². The highest BCUT2D eigenvalue weighted by Crippen LogP contribution is 2.26. The summed E-state index contributed by atoms with van der Waals surface area (Å²) in [5, 5.41) is 0. The second-order valence-electron chi connectivity index (χ2n) is 6.21. The number of morpholine rings is 1. The number of carbonyl (C=O) groups is 2. The number of carbonyl (C=O) groups excluding carboxylic acids is 2. The zero-order valence-electron chi connectivity index (χ0n) is 13.5. The maximum Gasteiger partial charge on any atom is 0.262 e. The molecule has 0 aliphatic carbocycles. The molecule has 1 fully saturated rings. The summed E-state index contributed by atoms with van der Waals surface area (Å²) in [7, 11) is 0. The molecule has 2 aliphatic heterocycles. The number of hydrogen-bond donors (Lipinski definition) is 0. The molecule has 2 aromatic carbocycles. The van der Waals surface area contributed by atoms with Gasteiger partial charge >= 0.3 is 0 Å². The Balaban J connectivity index is 1.47. The lowest BCUT2D eigenvalue weighted by molar-refractivity contribution is -0.0414. The van der Waals surface area contributed by atoms with Gasteiger partial charge < -0.3 is 4.74 Å². The van der Waals surface area contributed by atoms with Gasteiger partial charge in [0.2, 0.25) is 0 Å². The van der Waals surface area contributed by atoms with E-state index in [-0.39, 0.29) is 30.4 Å². The van der Waals surface area contributed by atoms with Crippen LogP contribution in [0.25, 0.3) is 0 Å². The molecule has 0 radical (unpaired) electrons. The average molecular weight is 340 g/mol. The molecule has 2 aromatic rings. The van der Waals surface area contributed by atoms with Crippen LogP contribution in [0.3, 0.4) is 0 Å². The van der Waals surface area contributed by atoms with Gasteiger partial charge in [0.05, 0.1) is 30.5 Å². The highest BCUT2D eigenvalue weighted by Gasteiger charge is 2.36. The molecule has 0 unspecified atom stereocenters. The Labute approximate surface area is 144 Å². The number of hydrogen-bond acceptors (Lipinski definition) is 4. The Morgan fingerprint density at radius 2 is 1.64 bits per heavy atom. The predicted molar refractivity (Wildman–Crippen MR) is 88.5 cm³/mol. The van der Waals surface area contributed by atoms with Crippen LogP contribution in [-0.4, -0.2) is 48.0 Å². The Morgan fingerprint density at radius 3 is 2.28 bits per heavy atom. The fourth-order valence-corrected chi connectivity index (χ4v) is 3.28. The summed E-state index contributed by atoms with van der Waals surface area (Å²) >= 11 is 0. The quantitative estimate of drug-likeness (QED) is 0.806. The Hall–Kier alpha value is -2.57. The van der Waals surface area contributed by atoms with Crippen LogP contribution in [-0.2, 0) is 4.74 Å². The smallest absolute Gasteiger partial charge is 0.262 e. The molecule has 0 N–H and O–H groups in total. The lowest BCUT2D eigenvalue weighted by atomic mass is 10.1. The minimum absolute atomic E-state index is 0.204. The van der Waals surface area contributed by atoms with Crippen LogP contribution in [0.15, 0.2) is 48.5 Å². The summed E-state index contributed by atoms with van der Waals surface area (Å²) in [4.78, 5) is 28.2. The standard InChI is InChI=1S/C19H17FN2O3/c20-14-7-5-13(6-8-14)17-11-21(9-10-25-17)12-22-18(23)15-3-1-2-4-16(15)19(22)24/h1-8,17H,9-12H2/t17-/m0/s1. The number of ether oxygens (including phenoxy) is 1. The Bertz CT molecular complexity index is 787. The third kappa shape index (κ3) is 2.94. The number of imide groups is 1. The zero-order chi connectivity index (χ0) is 17.4. The van der Waals surface area contributed by atoms with Gasteiger partial charge in [-0.2, -0.15) is 0 Å². The molecule has 0 aromatic heterocycles. The van der Waals surface area contributed by atoms with Gasteiger partial charge in [-0.05, 0) is 29.8 Å². The summed E-state index contributed by atoms with van der Waals surface area (Å²) in [6.07, 6.45) is -0.204. The first-order valence-electron chi connectivity index (χ1n) is 8.18. The second-order valence-corrected chi connectivity index (χ2v) is 6.21. The van der Waals surface area contributed by atoms with Crippen molar-refractivity contribution in [3.63, 3.8) is 0 Å². The fourth-order valence-electron chi connectivity index (χ4n) is 3.28. The first kappa shape index (κ1) is 15.9. The van der Waals surface area contributed by atoms with Gasteiger partial charge in [0.15, 0.2) is 0 Å². The summed E-state index contributed by atoms with van der Waals surface area (Å²) < 4.78 is 18.8. The number of halogens is 1. The normalized spacial score (nSPS) is 20.8. The van der Waals surface area contributed by atoms with Crippen LogP contribution < -0.4 is 0 Å². The van der Waals surface area contributed by atoms with E-state index in [1.165, 1.54) is 17.0 Å². The first-order chi connectivity index (χ1) is 12.1. The average Bonchev–Trinajstić information content (AvgIpc) is 2.88. The molecule has 128 valence electrons. The molecule has 0 spiro atoms. The third-order valence-corrected chi connectivity index (χ3v) is 4.61. The van der Waals surface area contributed by atoms with E-state index >= 15 is 0 Å². The molecule has 2 aliphatic rings. The van der Waals surface area contributed by atoms with Crippen molar-refractivity contribution in [2.75, 3.05) is 26.4 Å². The van der Waals surface area contributed by atoms with Gasteiger partial charge in [0, 0.05) is 13.1 Å². The number of amides is 2. The van der Waals surface area contributed by atoms with E-state index in [4.69, 9.17) is 4.74 Å². The molecule has 1 saturated heterocycles. The first-order valence-corrected chi connectivity index (χ1v) is 8.18. The van der Waals surface area contributed by atoms with Crippen molar-refractivity contribution in [3.8, 4) is 0 Å². The molecule has 25 heavy (non-hydrogen) atoms. The van der Waals surface area contributed by atoms with Crippen molar-refractivity contribution in [3.05, 3.63) is 71.0 Å². The van der Waals surface area contributed by atoms with Crippen molar-refractivity contribution in [1.29, 1.82) is 0 Å². The fraction of sp³-hybridized carbons (Fsp3) is 0.263. The van der Waals surface area contributed by atoms with E-state index in [1.54, 1.807) is 36.4 Å². The van der Waals surface area contributed by atoms with Gasteiger partial charge in [-0.15, -0.1) is 0 Å². The van der Waals surface area contributed by atoms with Crippen LogP contribution in [0.5, 0.6) is 0 Å². The molecule has 0 bridgehead atoms. The molecule has 4 rings (SSSR count). The topological polar surface area (TPSA) is 49.9 Å². The predicted octanol–water partition coefficient (Wildman–Crippen LogP) is 2.45. The van der Waals surface area contributed by atoms with Crippen molar-refractivity contribution in [2.45, 2.75) is 6.10 Å². The minimum atomic E-state index is -0.289. The van der Waals surface area contributed by atoms with Gasteiger partial charge in [-0.3, -0.25) is 19.4 Å². The maximum absolute atomic E-state index is 13.1. The van der Waals surface area contributed by atoms with Crippen LogP contribution >= 0.6 is 0 Å². The van der Waals surface area contributed by atoms with Crippen LogP contribution in [0.1, 0.15) is 32.4 Å². The summed E-state index contributed by atoms with van der Waals surface area (Å²) in [5.41, 5.74) is 1.79. The molecule has 2 amide bonds. The molecule has 2 heterocycles. The monoisotopic (exact) mass is 340 g/mol. The third-order valence-electron chi connectivity index (χ3n) is 4.61. The van der Waals surface area contributed by atoms with Crippen LogP contribution in [0.4, 0.5) is 4.39 Å². The van der Waals surface area contributed by atoms with Gasteiger partial charge in [-0.1, -0.05) is 24.3 Å². The number of fused-ring (bicyclic) bond motifs is 1. The molecule has 5 nitrogen and oxygen atoms in total. The minimum Gasteiger partial charge on any atom is -0.371 e. The summed E-state index contributed by atoms with van der Waals surface area (Å²) in [6, 6.07) is 13.1. The molecule has 6 heteroatoms. The lowest BCUT2D eigenvalue weighted by Crippen LogP contribution is -2.46. The van der Waals surface area contributed by atoms with E-state index in [0.717, 1.165) is 5.56 Å². The maximum atomic E-state index is 13.1. The van der Waals surface area contributed by atoms with Crippen LogP contribution in [0, 0.1) is 5.82 Å². The van der Waals surface area contributed by atoms with E-state index < -0.39 is 0 Å². The highest BCUT2D eigenvalue weighted by atomic mass is 19.1. The van der Waals surface area contributed by atoms with Crippen molar-refractivity contribution in [2.24, 2.45) is 0 Å². The van der Waals surface area contributed by atoms with Gasteiger partial charge in [-0.25, -0.2) is 4.39 Å². The molecular weight excluding hydrogens is 323 g/mol. The number of rotatable bonds is 3. The SMILES string of the molecule is O=C1c2ccccc2C(=O)N1CN1CCO[C@H](c2ccc(F)cc2)C1. The van der Waals surface area contributed by atoms with E-state index in [2.05, 4.69) is 0 Å². The Kier molecular flexibility index (Phi) is 4.07. The van der Waals surface area contributed by atoms with Crippen molar-refractivity contribution in [1.82, 2.24) is 9.80 Å². The van der Waals surface area contributed by atoms with Crippen molar-refractivity contribution < 1.29 is 18.7 Å². The highest BCUT2D eigenvalue weighted by molar-refractivity contribution is 6.21. The lowest BCUT2D eigenvalue weighted by Gasteiger charge is -2.34. The largest absolute Gasteiger partial charge is 0.371 e. The number of nitrogens with zero attached hydrogens (tertiary/aromatic N) is 2. The van der Waals surface area contributed by atoms with E-state index in [1.807, 2.05) is 4.90 Å². The van der Waals surface area contributed by atoms with Gasteiger partial charge in [0.25, 0.3) is 11.8 Å². The molecule has 1 atom stereocenters. The van der Waals surface area contributed by atoms with E-state index in [0.29, 0.717) is 30.8 Å². The second kappa shape index (κ2) is 6.38. The van der Waals surface area contributed by atoms with Crippen molar-refractivity contribution >= 4 is 11.8 Å². The van der Waals surface area contributed by atoms with Crippen LogP contribution in [0.2, 0.25) is 0 Å².